The molecule has 40 heavy (non-hydrogen) atoms. The van der Waals surface area contributed by atoms with Crippen molar-refractivity contribution in [3.8, 4) is 11.5 Å². The van der Waals surface area contributed by atoms with Crippen molar-refractivity contribution >= 4 is 5.78 Å². The van der Waals surface area contributed by atoms with E-state index in [1.165, 1.54) is 0 Å². The van der Waals surface area contributed by atoms with Gasteiger partial charge in [-0.25, -0.2) is 10.5 Å². The molecule has 3 aromatic carbocycles. The van der Waals surface area contributed by atoms with Crippen molar-refractivity contribution in [1.82, 2.24) is 15.5 Å². The van der Waals surface area contributed by atoms with Gasteiger partial charge in [-0.2, -0.15) is 0 Å². The lowest BCUT2D eigenvalue weighted by Gasteiger charge is -2.43. The Kier molecular flexibility index (Phi) is 11.2. The van der Waals surface area contributed by atoms with Gasteiger partial charge in [-0.15, -0.1) is 0 Å². The number of Topliss-reactive ketones (excluding diaryl/α,β-unsaturated/α-hetero) is 1. The Morgan fingerprint density at radius 1 is 0.675 bits per heavy atom. The normalized spacial score (nSPS) is 12.2. The summed E-state index contributed by atoms with van der Waals surface area (Å²) in [6.07, 6.45) is 1.14. The predicted molar refractivity (Wildman–Crippen MR) is 155 cm³/mol. The first kappa shape index (κ1) is 31.2. The second-order valence-corrected chi connectivity index (χ2v) is 11.1. The number of carbonyl (C=O) groups is 1. The summed E-state index contributed by atoms with van der Waals surface area (Å²) in [7, 11) is 0. The fourth-order valence-corrected chi connectivity index (χ4v) is 3.79. The summed E-state index contributed by atoms with van der Waals surface area (Å²) in [6.45, 7) is 7.27. The second-order valence-electron chi connectivity index (χ2n) is 11.1. The average Bonchev–Trinajstić information content (AvgIpc) is 2.93. The van der Waals surface area contributed by atoms with Gasteiger partial charge in [0.15, 0.2) is 0 Å². The fraction of sp³-hybridized carbons (Fsp3) is 0.387. The number of benzene rings is 3. The summed E-state index contributed by atoms with van der Waals surface area (Å²) in [5.74, 6) is 0.902. The Balaban J connectivity index is 1.40. The summed E-state index contributed by atoms with van der Waals surface area (Å²) >= 11 is 0. The molecule has 9 heteroatoms. The van der Waals surface area contributed by atoms with E-state index in [0.29, 0.717) is 34.8 Å². The van der Waals surface area contributed by atoms with Gasteiger partial charge in [-0.05, 0) is 82.5 Å². The van der Waals surface area contributed by atoms with Gasteiger partial charge in [0.2, 0.25) is 0 Å². The Labute approximate surface area is 236 Å². The van der Waals surface area contributed by atoms with Crippen molar-refractivity contribution in [2.24, 2.45) is 0 Å². The van der Waals surface area contributed by atoms with Gasteiger partial charge in [0.05, 0.1) is 0 Å². The Hall–Kier alpha value is -3.31. The second kappa shape index (κ2) is 14.4. The first-order valence-electron chi connectivity index (χ1n) is 13.4. The van der Waals surface area contributed by atoms with E-state index in [-0.39, 0.29) is 31.7 Å². The van der Waals surface area contributed by atoms with Crippen molar-refractivity contribution in [2.45, 2.75) is 71.0 Å². The van der Waals surface area contributed by atoms with Gasteiger partial charge in [-0.3, -0.25) is 4.79 Å². The van der Waals surface area contributed by atoms with Crippen LogP contribution in [0.15, 0.2) is 84.9 Å². The highest BCUT2D eigenvalue weighted by molar-refractivity contribution is 5.80. The van der Waals surface area contributed by atoms with Crippen LogP contribution in [0, 0.1) is 15.6 Å². The number of rotatable bonds is 16. The zero-order valence-corrected chi connectivity index (χ0v) is 23.6. The third-order valence-electron chi connectivity index (χ3n) is 6.62. The molecule has 0 amide bonds. The Bertz CT molecular complexity index is 1170. The summed E-state index contributed by atoms with van der Waals surface area (Å²) in [5.41, 5.74) is -0.124. The number of nitrogens with zero attached hydrogens (tertiary/aromatic N) is 3. The molecule has 0 saturated heterocycles. The van der Waals surface area contributed by atoms with Crippen LogP contribution in [0.2, 0.25) is 0 Å². The van der Waals surface area contributed by atoms with Crippen LogP contribution in [0.25, 0.3) is 0 Å². The van der Waals surface area contributed by atoms with E-state index < -0.39 is 11.1 Å². The van der Waals surface area contributed by atoms with Crippen LogP contribution < -0.4 is 9.68 Å². The van der Waals surface area contributed by atoms with Gasteiger partial charge >= 0.3 is 0 Å². The van der Waals surface area contributed by atoms with E-state index in [1.54, 1.807) is 76.2 Å². The van der Waals surface area contributed by atoms with E-state index in [9.17, 15) is 20.4 Å². The smallest absolute Gasteiger partial charge is 0.146 e. The van der Waals surface area contributed by atoms with E-state index in [2.05, 4.69) is 0 Å². The first-order valence-corrected chi connectivity index (χ1v) is 13.4. The minimum atomic E-state index is -0.895. The maximum absolute atomic E-state index is 12.6. The lowest BCUT2D eigenvalue weighted by atomic mass is 9.95. The van der Waals surface area contributed by atoms with Crippen molar-refractivity contribution in [1.29, 1.82) is 0 Å². The van der Waals surface area contributed by atoms with Crippen LogP contribution >= 0.6 is 0 Å². The minimum Gasteiger partial charge on any atom is -0.785 e. The number of para-hydroxylation sites is 2. The highest BCUT2D eigenvalue weighted by Crippen LogP contribution is 2.24. The molecule has 0 unspecified atom stereocenters. The number of ketones is 1. The minimum absolute atomic E-state index is 0.0153. The molecule has 0 atom stereocenters. The Morgan fingerprint density at radius 3 is 1.62 bits per heavy atom. The molecule has 0 heterocycles. The molecule has 3 rings (SSSR count). The molecule has 0 saturated carbocycles. The van der Waals surface area contributed by atoms with Crippen LogP contribution in [-0.2, 0) is 17.8 Å². The SMILES string of the molecule is CC(C)(CCC(=O)Cc1ccc(CN([O-])CCC(C)(C)N([O-])Oc2ccccc2)cc1)N([O-])Oc1ccccc1. The van der Waals surface area contributed by atoms with Crippen molar-refractivity contribution in [3.63, 3.8) is 0 Å². The maximum Gasteiger partial charge on any atom is 0.146 e. The zero-order chi connectivity index (χ0) is 29.2. The van der Waals surface area contributed by atoms with Gasteiger partial charge in [0.1, 0.15) is 17.3 Å². The fourth-order valence-electron chi connectivity index (χ4n) is 3.79. The van der Waals surface area contributed by atoms with E-state index >= 15 is 0 Å². The Morgan fingerprint density at radius 2 is 1.12 bits per heavy atom. The molecule has 0 bridgehead atoms. The summed E-state index contributed by atoms with van der Waals surface area (Å²) in [6, 6.07) is 24.9. The lowest BCUT2D eigenvalue weighted by molar-refractivity contribution is -0.121. The summed E-state index contributed by atoms with van der Waals surface area (Å²) in [4.78, 5) is 23.3. The lowest BCUT2D eigenvalue weighted by Crippen LogP contribution is -2.44. The largest absolute Gasteiger partial charge is 0.785 e. The molecule has 0 spiro atoms. The molecule has 0 fully saturated rings. The number of carbonyl (C=O) groups excluding carboxylic acids is 1. The zero-order valence-electron chi connectivity index (χ0n) is 23.6. The molecular formula is C31H38N3O6-3. The van der Waals surface area contributed by atoms with Crippen molar-refractivity contribution < 1.29 is 14.5 Å². The van der Waals surface area contributed by atoms with E-state index in [0.717, 1.165) is 16.2 Å². The van der Waals surface area contributed by atoms with Crippen LogP contribution in [0.1, 0.15) is 58.1 Å². The highest BCUT2D eigenvalue weighted by atomic mass is 16.9. The predicted octanol–water partition coefficient (Wildman–Crippen LogP) is 6.41. The van der Waals surface area contributed by atoms with Gasteiger partial charge in [0.25, 0.3) is 0 Å². The number of hydroxylamine groups is 6. The average molecular weight is 549 g/mol. The molecule has 216 valence electrons. The van der Waals surface area contributed by atoms with Crippen LogP contribution in [0.3, 0.4) is 0 Å². The highest BCUT2D eigenvalue weighted by Gasteiger charge is 2.24. The molecule has 0 aliphatic carbocycles. The van der Waals surface area contributed by atoms with Crippen LogP contribution in [0.5, 0.6) is 11.5 Å². The standard InChI is InChI=1S/C31H38N3O6/c1-30(2,33(37)39-28-11-7-5-8-12-28)20-19-27(35)23-25-15-17-26(18-16-25)24-32(36)22-21-31(3,4)34(38)40-29-13-9-6-10-14-29/h5-18H,19-24H2,1-4H3/q-3. The maximum atomic E-state index is 12.6. The number of hydrogen-bond donors (Lipinski definition) is 0. The van der Waals surface area contributed by atoms with Crippen molar-refractivity contribution in [2.75, 3.05) is 6.54 Å². The topological polar surface area (TPSA) is 114 Å². The third-order valence-corrected chi connectivity index (χ3v) is 6.62. The molecule has 0 aliphatic heterocycles. The van der Waals surface area contributed by atoms with Gasteiger partial charge < -0.3 is 30.4 Å². The molecular weight excluding hydrogens is 510 g/mol. The molecule has 3 aromatic rings. The van der Waals surface area contributed by atoms with Crippen LogP contribution in [0.4, 0.5) is 0 Å². The van der Waals surface area contributed by atoms with Gasteiger partial charge in [-0.1, -0.05) is 60.7 Å². The van der Waals surface area contributed by atoms with Crippen LogP contribution in [-0.4, -0.2) is 38.9 Å². The quantitative estimate of drug-likeness (QED) is 0.187. The van der Waals surface area contributed by atoms with Crippen molar-refractivity contribution in [3.05, 3.63) is 112 Å². The van der Waals surface area contributed by atoms with Gasteiger partial charge in [0, 0.05) is 30.5 Å². The summed E-state index contributed by atoms with van der Waals surface area (Å²) < 4.78 is 0. The van der Waals surface area contributed by atoms with E-state index in [1.807, 2.05) is 36.4 Å². The third kappa shape index (κ3) is 10.0. The monoisotopic (exact) mass is 548 g/mol. The number of hydrogen-bond acceptors (Lipinski definition) is 9. The summed E-state index contributed by atoms with van der Waals surface area (Å²) in [5, 5.41) is 39.4. The molecule has 0 aliphatic rings. The molecule has 0 aromatic heterocycles. The van der Waals surface area contributed by atoms with E-state index in [4.69, 9.17) is 9.68 Å². The molecule has 9 nitrogen and oxygen atoms in total. The molecule has 0 radical (unpaired) electrons. The molecule has 0 N–H and O–H groups in total. The first-order chi connectivity index (χ1) is 18.9.